The van der Waals surface area contributed by atoms with E-state index in [4.69, 9.17) is 11.6 Å². The molecule has 7 heteroatoms. The van der Waals surface area contributed by atoms with Gasteiger partial charge in [0.15, 0.2) is 11.0 Å². The van der Waals surface area contributed by atoms with Crippen LogP contribution in [0.3, 0.4) is 0 Å². The van der Waals surface area contributed by atoms with Gasteiger partial charge >= 0.3 is 0 Å². The van der Waals surface area contributed by atoms with E-state index < -0.39 is 0 Å². The van der Waals surface area contributed by atoms with Gasteiger partial charge in [0.25, 0.3) is 0 Å². The monoisotopic (exact) mass is 414 g/mol. The van der Waals surface area contributed by atoms with Gasteiger partial charge in [-0.25, -0.2) is 0 Å². The number of hydrogen-bond acceptors (Lipinski definition) is 4. The van der Waals surface area contributed by atoms with Crippen LogP contribution in [0.1, 0.15) is 25.3 Å². The minimum atomic E-state index is -0.0754. The van der Waals surface area contributed by atoms with Gasteiger partial charge in [-0.3, -0.25) is 4.79 Å². The first kappa shape index (κ1) is 20.4. The molecule has 0 spiro atoms. The normalized spacial score (nSPS) is 10.8. The van der Waals surface area contributed by atoms with E-state index in [9.17, 15) is 4.79 Å². The fraction of sp³-hybridized carbons (Fsp3) is 0.286. The van der Waals surface area contributed by atoms with E-state index in [-0.39, 0.29) is 11.7 Å². The molecule has 28 heavy (non-hydrogen) atoms. The molecule has 1 heterocycles. The van der Waals surface area contributed by atoms with Crippen LogP contribution in [0.15, 0.2) is 53.7 Å². The Morgan fingerprint density at radius 1 is 1.14 bits per heavy atom. The molecule has 0 atom stereocenters. The summed E-state index contributed by atoms with van der Waals surface area (Å²) in [6, 6.07) is 15.5. The van der Waals surface area contributed by atoms with E-state index in [1.54, 1.807) is 0 Å². The third kappa shape index (κ3) is 5.14. The van der Waals surface area contributed by atoms with Gasteiger partial charge in [0, 0.05) is 18.3 Å². The molecule has 0 aliphatic heterocycles. The lowest BCUT2D eigenvalue weighted by molar-refractivity contribution is -0.113. The topological polar surface area (TPSA) is 59.8 Å². The summed E-state index contributed by atoms with van der Waals surface area (Å²) in [4.78, 5) is 12.3. The molecule has 1 amide bonds. The first-order valence-corrected chi connectivity index (χ1v) is 10.6. The number of halogens is 1. The molecule has 3 rings (SSSR count). The summed E-state index contributed by atoms with van der Waals surface area (Å²) in [6.07, 6.45) is 3.42. The molecule has 5 nitrogen and oxygen atoms in total. The van der Waals surface area contributed by atoms with Crippen LogP contribution in [0, 0.1) is 0 Å². The molecule has 0 aliphatic carbocycles. The summed E-state index contributed by atoms with van der Waals surface area (Å²) in [5.74, 6) is 0.858. The van der Waals surface area contributed by atoms with Crippen molar-refractivity contribution in [3.05, 3.63) is 59.1 Å². The van der Waals surface area contributed by atoms with Crippen LogP contribution >= 0.6 is 23.4 Å². The lowest BCUT2D eigenvalue weighted by Crippen LogP contribution is -2.14. The van der Waals surface area contributed by atoms with Gasteiger partial charge in [0.2, 0.25) is 5.91 Å². The standard InChI is InChI=1S/C21H23ClN4OS/c1-3-4-7-15-10-12-16(13-11-15)23-19(27)14-28-21-25-24-20(26(21)2)17-8-5-6-9-18(17)22/h5-6,8-13H,3-4,7,14H2,1-2H3,(H,23,27). The van der Waals surface area contributed by atoms with Crippen molar-refractivity contribution in [1.29, 1.82) is 0 Å². The molecule has 0 saturated carbocycles. The van der Waals surface area contributed by atoms with Crippen molar-refractivity contribution in [2.24, 2.45) is 7.05 Å². The van der Waals surface area contributed by atoms with Gasteiger partial charge < -0.3 is 9.88 Å². The van der Waals surface area contributed by atoms with Gasteiger partial charge in [-0.1, -0.05) is 61.0 Å². The largest absolute Gasteiger partial charge is 0.325 e. The maximum Gasteiger partial charge on any atom is 0.234 e. The molecule has 3 aromatic rings. The van der Waals surface area contributed by atoms with Crippen LogP contribution in [0.25, 0.3) is 11.4 Å². The third-order valence-electron chi connectivity index (χ3n) is 4.34. The fourth-order valence-electron chi connectivity index (χ4n) is 2.78. The maximum absolute atomic E-state index is 12.3. The van der Waals surface area contributed by atoms with E-state index in [1.807, 2.05) is 48.0 Å². The van der Waals surface area contributed by atoms with E-state index in [0.717, 1.165) is 17.7 Å². The molecule has 1 aromatic heterocycles. The van der Waals surface area contributed by atoms with E-state index >= 15 is 0 Å². The Morgan fingerprint density at radius 2 is 1.89 bits per heavy atom. The Hall–Kier alpha value is -2.31. The van der Waals surface area contributed by atoms with E-state index in [2.05, 4.69) is 34.6 Å². The number of aromatic nitrogens is 3. The van der Waals surface area contributed by atoms with Gasteiger partial charge in [-0.05, 0) is 42.7 Å². The second kappa shape index (κ2) is 9.75. The number of hydrogen-bond donors (Lipinski definition) is 1. The number of nitrogens with zero attached hydrogens (tertiary/aromatic N) is 3. The van der Waals surface area contributed by atoms with Crippen LogP contribution in [-0.2, 0) is 18.3 Å². The highest BCUT2D eigenvalue weighted by atomic mass is 35.5. The molecule has 1 N–H and O–H groups in total. The minimum absolute atomic E-state index is 0.0754. The van der Waals surface area contributed by atoms with Crippen LogP contribution in [0.2, 0.25) is 5.02 Å². The van der Waals surface area contributed by atoms with Crippen molar-refractivity contribution in [3.8, 4) is 11.4 Å². The molecule has 146 valence electrons. The molecule has 0 radical (unpaired) electrons. The number of rotatable bonds is 8. The highest BCUT2D eigenvalue weighted by Gasteiger charge is 2.14. The molecule has 0 bridgehead atoms. The Kier molecular flexibility index (Phi) is 7.12. The highest BCUT2D eigenvalue weighted by molar-refractivity contribution is 7.99. The maximum atomic E-state index is 12.3. The van der Waals surface area contributed by atoms with Gasteiger partial charge in [-0.2, -0.15) is 0 Å². The number of nitrogens with one attached hydrogen (secondary N) is 1. The van der Waals surface area contributed by atoms with Gasteiger partial charge in [0.1, 0.15) is 0 Å². The zero-order chi connectivity index (χ0) is 19.9. The summed E-state index contributed by atoms with van der Waals surface area (Å²) >= 11 is 7.59. The van der Waals surface area contributed by atoms with Crippen molar-refractivity contribution in [2.45, 2.75) is 31.3 Å². The predicted molar refractivity (Wildman–Crippen MR) is 116 cm³/mol. The Balaban J connectivity index is 1.57. The lowest BCUT2D eigenvalue weighted by atomic mass is 10.1. The molecule has 0 unspecified atom stereocenters. The predicted octanol–water partition coefficient (Wildman–Crippen LogP) is 5.21. The van der Waals surface area contributed by atoms with Gasteiger partial charge in [-0.15, -0.1) is 10.2 Å². The zero-order valence-corrected chi connectivity index (χ0v) is 17.6. The SMILES string of the molecule is CCCCc1ccc(NC(=O)CSc2nnc(-c3ccccc3Cl)n2C)cc1. The Morgan fingerprint density at radius 3 is 2.61 bits per heavy atom. The molecule has 2 aromatic carbocycles. The second-order valence-corrected chi connectivity index (χ2v) is 7.83. The number of carbonyl (C=O) groups excluding carboxylic acids is 1. The first-order chi connectivity index (χ1) is 13.6. The van der Waals surface area contributed by atoms with Crippen LogP contribution in [0.5, 0.6) is 0 Å². The fourth-order valence-corrected chi connectivity index (χ4v) is 3.71. The van der Waals surface area contributed by atoms with Crippen LogP contribution in [-0.4, -0.2) is 26.4 Å². The number of amides is 1. The number of unbranched alkanes of at least 4 members (excludes halogenated alkanes) is 1. The van der Waals surface area contributed by atoms with E-state index in [0.29, 0.717) is 16.0 Å². The highest BCUT2D eigenvalue weighted by Crippen LogP contribution is 2.28. The van der Waals surface area contributed by atoms with Crippen molar-refractivity contribution < 1.29 is 4.79 Å². The van der Waals surface area contributed by atoms with E-state index in [1.165, 1.54) is 30.2 Å². The van der Waals surface area contributed by atoms with Crippen molar-refractivity contribution >= 4 is 35.0 Å². The Labute approximate surface area is 174 Å². The second-order valence-electron chi connectivity index (χ2n) is 6.48. The molecule has 0 saturated heterocycles. The van der Waals surface area contributed by atoms with Crippen molar-refractivity contribution in [1.82, 2.24) is 14.8 Å². The average molecular weight is 415 g/mol. The van der Waals surface area contributed by atoms with Gasteiger partial charge in [0.05, 0.1) is 10.8 Å². The van der Waals surface area contributed by atoms with Crippen LogP contribution < -0.4 is 5.32 Å². The summed E-state index contributed by atoms with van der Waals surface area (Å²) < 4.78 is 1.85. The Bertz CT molecular complexity index is 940. The summed E-state index contributed by atoms with van der Waals surface area (Å²) in [6.45, 7) is 2.18. The molecular weight excluding hydrogens is 392 g/mol. The van der Waals surface area contributed by atoms with Crippen LogP contribution in [0.4, 0.5) is 5.69 Å². The summed E-state index contributed by atoms with van der Waals surface area (Å²) in [5.41, 5.74) is 2.92. The quantitative estimate of drug-likeness (QED) is 0.514. The average Bonchev–Trinajstić information content (AvgIpc) is 3.06. The lowest BCUT2D eigenvalue weighted by Gasteiger charge is -2.07. The zero-order valence-electron chi connectivity index (χ0n) is 16.0. The number of benzene rings is 2. The number of aryl methyl sites for hydroxylation is 1. The first-order valence-electron chi connectivity index (χ1n) is 9.24. The number of carbonyl (C=O) groups is 1. The summed E-state index contributed by atoms with van der Waals surface area (Å²) in [7, 11) is 1.87. The smallest absolute Gasteiger partial charge is 0.234 e. The molecule has 0 fully saturated rings. The minimum Gasteiger partial charge on any atom is -0.325 e. The van der Waals surface area contributed by atoms with Crippen molar-refractivity contribution in [2.75, 3.05) is 11.1 Å². The molecule has 0 aliphatic rings. The number of thioether (sulfide) groups is 1. The third-order valence-corrected chi connectivity index (χ3v) is 5.69. The number of anilines is 1. The molecular formula is C21H23ClN4OS. The summed E-state index contributed by atoms with van der Waals surface area (Å²) in [5, 5.41) is 12.6. The van der Waals surface area contributed by atoms with Crippen molar-refractivity contribution in [3.63, 3.8) is 0 Å².